The van der Waals surface area contributed by atoms with Gasteiger partial charge in [-0.05, 0) is 31.5 Å². The lowest BCUT2D eigenvalue weighted by atomic mass is 10.1. The van der Waals surface area contributed by atoms with Crippen LogP contribution in [0.25, 0.3) is 0 Å². The van der Waals surface area contributed by atoms with Crippen molar-refractivity contribution in [3.63, 3.8) is 0 Å². The fourth-order valence-corrected chi connectivity index (χ4v) is 1.40. The Morgan fingerprint density at radius 2 is 1.88 bits per heavy atom. The summed E-state index contributed by atoms with van der Waals surface area (Å²) in [6.45, 7) is 4.12. The van der Waals surface area contributed by atoms with E-state index >= 15 is 0 Å². The van der Waals surface area contributed by atoms with Crippen molar-refractivity contribution in [2.75, 3.05) is 13.2 Å². The number of halogens is 2. The average Bonchev–Trinajstić information content (AvgIpc) is 2.27. The first-order chi connectivity index (χ1) is 7.63. The molecule has 0 heterocycles. The largest absolute Gasteiger partial charge is 0.494 e. The van der Waals surface area contributed by atoms with Gasteiger partial charge in [0.25, 0.3) is 6.43 Å². The van der Waals surface area contributed by atoms with Crippen LogP contribution in [0.5, 0.6) is 5.75 Å². The molecule has 0 saturated heterocycles. The molecule has 1 atom stereocenters. The van der Waals surface area contributed by atoms with E-state index in [4.69, 9.17) is 4.74 Å². The third-order valence-electron chi connectivity index (χ3n) is 2.27. The minimum Gasteiger partial charge on any atom is -0.494 e. The second-order valence-corrected chi connectivity index (χ2v) is 3.52. The molecule has 0 aliphatic carbocycles. The quantitative estimate of drug-likeness (QED) is 0.809. The number of alkyl halides is 2. The molecule has 0 aromatic heterocycles. The van der Waals surface area contributed by atoms with Gasteiger partial charge in [0.1, 0.15) is 5.75 Å². The van der Waals surface area contributed by atoms with Gasteiger partial charge in [-0.3, -0.25) is 0 Å². The minimum atomic E-state index is -2.31. The second-order valence-electron chi connectivity index (χ2n) is 3.52. The molecule has 90 valence electrons. The van der Waals surface area contributed by atoms with Crippen molar-refractivity contribution in [1.29, 1.82) is 0 Å². The van der Waals surface area contributed by atoms with Gasteiger partial charge in [0.2, 0.25) is 0 Å². The maximum atomic E-state index is 12.0. The van der Waals surface area contributed by atoms with Crippen LogP contribution in [-0.2, 0) is 0 Å². The number of nitrogens with one attached hydrogen (secondary N) is 1. The zero-order chi connectivity index (χ0) is 12.0. The number of hydrogen-bond donors (Lipinski definition) is 1. The monoisotopic (exact) mass is 229 g/mol. The van der Waals surface area contributed by atoms with Crippen LogP contribution in [0, 0.1) is 0 Å². The van der Waals surface area contributed by atoms with Gasteiger partial charge in [-0.25, -0.2) is 8.78 Å². The molecule has 1 N–H and O–H groups in total. The Hall–Kier alpha value is -1.16. The van der Waals surface area contributed by atoms with Crippen molar-refractivity contribution in [2.24, 2.45) is 0 Å². The third kappa shape index (κ3) is 4.14. The lowest BCUT2D eigenvalue weighted by Gasteiger charge is -2.14. The Morgan fingerprint density at radius 3 is 2.38 bits per heavy atom. The fraction of sp³-hybridized carbons (Fsp3) is 0.500. The van der Waals surface area contributed by atoms with Crippen molar-refractivity contribution in [3.8, 4) is 5.75 Å². The summed E-state index contributed by atoms with van der Waals surface area (Å²) >= 11 is 0. The molecule has 0 amide bonds. The minimum absolute atomic E-state index is 0.0790. The molecule has 1 aromatic carbocycles. The highest BCUT2D eigenvalue weighted by molar-refractivity contribution is 5.28. The van der Waals surface area contributed by atoms with Gasteiger partial charge in [0.05, 0.1) is 13.2 Å². The topological polar surface area (TPSA) is 21.3 Å². The Kier molecular flexibility index (Phi) is 5.19. The molecule has 0 radical (unpaired) electrons. The van der Waals surface area contributed by atoms with E-state index < -0.39 is 6.43 Å². The molecule has 4 heteroatoms. The summed E-state index contributed by atoms with van der Waals surface area (Å²) < 4.78 is 29.3. The van der Waals surface area contributed by atoms with Crippen LogP contribution in [0.15, 0.2) is 24.3 Å². The molecule has 2 nitrogen and oxygen atoms in total. The first-order valence-corrected chi connectivity index (χ1v) is 5.37. The smallest absolute Gasteiger partial charge is 0.250 e. The maximum absolute atomic E-state index is 12.0. The average molecular weight is 229 g/mol. The SMILES string of the molecule is CCOc1ccc(C(C)NCC(F)F)cc1. The summed E-state index contributed by atoms with van der Waals surface area (Å²) in [6, 6.07) is 7.38. The lowest BCUT2D eigenvalue weighted by Crippen LogP contribution is -2.24. The number of rotatable bonds is 6. The first-order valence-electron chi connectivity index (χ1n) is 5.37. The van der Waals surface area contributed by atoms with Crippen LogP contribution in [0.4, 0.5) is 8.78 Å². The van der Waals surface area contributed by atoms with Crippen molar-refractivity contribution < 1.29 is 13.5 Å². The van der Waals surface area contributed by atoms with E-state index in [9.17, 15) is 8.78 Å². The summed E-state index contributed by atoms with van der Waals surface area (Å²) in [4.78, 5) is 0. The van der Waals surface area contributed by atoms with Crippen LogP contribution >= 0.6 is 0 Å². The van der Waals surface area contributed by atoms with Gasteiger partial charge < -0.3 is 10.1 Å². The van der Waals surface area contributed by atoms with E-state index in [1.54, 1.807) is 0 Å². The summed E-state index contributed by atoms with van der Waals surface area (Å²) in [6.07, 6.45) is -2.31. The molecule has 0 bridgehead atoms. The fourth-order valence-electron chi connectivity index (χ4n) is 1.40. The molecule has 0 spiro atoms. The van der Waals surface area contributed by atoms with E-state index in [-0.39, 0.29) is 12.6 Å². The summed E-state index contributed by atoms with van der Waals surface area (Å²) in [7, 11) is 0. The number of benzene rings is 1. The van der Waals surface area contributed by atoms with Crippen LogP contribution in [0.2, 0.25) is 0 Å². The molecule has 0 aliphatic rings. The van der Waals surface area contributed by atoms with Gasteiger partial charge in [0, 0.05) is 6.04 Å². The van der Waals surface area contributed by atoms with Crippen molar-refractivity contribution >= 4 is 0 Å². The lowest BCUT2D eigenvalue weighted by molar-refractivity contribution is 0.142. The van der Waals surface area contributed by atoms with E-state index in [2.05, 4.69) is 5.32 Å². The highest BCUT2D eigenvalue weighted by atomic mass is 19.3. The van der Waals surface area contributed by atoms with Gasteiger partial charge in [-0.2, -0.15) is 0 Å². The summed E-state index contributed by atoms with van der Waals surface area (Å²) in [5.41, 5.74) is 0.976. The van der Waals surface area contributed by atoms with Gasteiger partial charge >= 0.3 is 0 Å². The van der Waals surface area contributed by atoms with Crippen LogP contribution in [0.1, 0.15) is 25.5 Å². The molecule has 1 aromatic rings. The molecular weight excluding hydrogens is 212 g/mol. The third-order valence-corrected chi connectivity index (χ3v) is 2.27. The number of ether oxygens (including phenoxy) is 1. The van der Waals surface area contributed by atoms with E-state index in [0.29, 0.717) is 6.61 Å². The van der Waals surface area contributed by atoms with Crippen LogP contribution in [-0.4, -0.2) is 19.6 Å². The summed E-state index contributed by atoms with van der Waals surface area (Å²) in [5, 5.41) is 2.76. The zero-order valence-electron chi connectivity index (χ0n) is 9.54. The Labute approximate surface area is 94.6 Å². The van der Waals surface area contributed by atoms with Crippen LogP contribution < -0.4 is 10.1 Å². The van der Waals surface area contributed by atoms with Crippen molar-refractivity contribution in [3.05, 3.63) is 29.8 Å². The van der Waals surface area contributed by atoms with Gasteiger partial charge in [-0.15, -0.1) is 0 Å². The predicted molar refractivity (Wildman–Crippen MR) is 60.0 cm³/mol. The van der Waals surface area contributed by atoms with Crippen molar-refractivity contribution in [1.82, 2.24) is 5.32 Å². The molecule has 1 rings (SSSR count). The standard InChI is InChI=1S/C12H17F2NO/c1-3-16-11-6-4-10(5-7-11)9(2)15-8-12(13)14/h4-7,9,12,15H,3,8H2,1-2H3. The second kappa shape index (κ2) is 6.43. The van der Waals surface area contributed by atoms with Gasteiger partial charge in [0.15, 0.2) is 0 Å². The molecule has 0 saturated carbocycles. The normalized spacial score (nSPS) is 12.8. The predicted octanol–water partition coefficient (Wildman–Crippen LogP) is 3.00. The molecule has 16 heavy (non-hydrogen) atoms. The number of hydrogen-bond acceptors (Lipinski definition) is 2. The molecule has 0 aliphatic heterocycles. The molecule has 0 fully saturated rings. The van der Waals surface area contributed by atoms with E-state index in [1.807, 2.05) is 38.1 Å². The van der Waals surface area contributed by atoms with E-state index in [0.717, 1.165) is 11.3 Å². The summed E-state index contributed by atoms with van der Waals surface area (Å²) in [5.74, 6) is 0.798. The highest BCUT2D eigenvalue weighted by Crippen LogP contribution is 2.17. The molecule has 1 unspecified atom stereocenters. The van der Waals surface area contributed by atoms with Gasteiger partial charge in [-0.1, -0.05) is 12.1 Å². The van der Waals surface area contributed by atoms with Crippen LogP contribution in [0.3, 0.4) is 0 Å². The zero-order valence-corrected chi connectivity index (χ0v) is 9.54. The van der Waals surface area contributed by atoms with E-state index in [1.165, 1.54) is 0 Å². The van der Waals surface area contributed by atoms with Crippen molar-refractivity contribution in [2.45, 2.75) is 26.3 Å². The Balaban J connectivity index is 2.52. The Morgan fingerprint density at radius 1 is 1.25 bits per heavy atom. The maximum Gasteiger partial charge on any atom is 0.250 e. The highest BCUT2D eigenvalue weighted by Gasteiger charge is 2.08. The Bertz CT molecular complexity index is 300. The molecular formula is C12H17F2NO. The first kappa shape index (κ1) is 12.9.